The number of nitrogens with zero attached hydrogens (tertiary/aromatic N) is 1. The lowest BCUT2D eigenvalue weighted by molar-refractivity contribution is 0.173. The second-order valence-corrected chi connectivity index (χ2v) is 7.32. The Bertz CT molecular complexity index is 553. The van der Waals surface area contributed by atoms with Gasteiger partial charge in [-0.25, -0.2) is 18.1 Å². The van der Waals surface area contributed by atoms with Crippen LogP contribution in [-0.4, -0.2) is 40.7 Å². The van der Waals surface area contributed by atoms with Gasteiger partial charge < -0.3 is 10.1 Å². The van der Waals surface area contributed by atoms with Gasteiger partial charge in [0.25, 0.3) is 10.0 Å². The molecule has 0 aromatic carbocycles. The number of aromatic nitrogens is 1. The third-order valence-corrected chi connectivity index (χ3v) is 5.20. The maximum atomic E-state index is 12.2. The van der Waals surface area contributed by atoms with Crippen molar-refractivity contribution in [3.63, 3.8) is 0 Å². The predicted octanol–water partition coefficient (Wildman–Crippen LogP) is 0.896. The van der Waals surface area contributed by atoms with Gasteiger partial charge in [0, 0.05) is 33.0 Å². The zero-order chi connectivity index (χ0) is 15.3. The molecule has 0 unspecified atom stereocenters. The topological polar surface area (TPSA) is 80.3 Å². The van der Waals surface area contributed by atoms with Crippen molar-refractivity contribution in [3.8, 4) is 0 Å². The Labute approximate surface area is 126 Å². The fourth-order valence-corrected chi connectivity index (χ4v) is 3.29. The molecule has 1 fully saturated rings. The van der Waals surface area contributed by atoms with Crippen LogP contribution in [0.3, 0.4) is 0 Å². The Morgan fingerprint density at radius 3 is 2.67 bits per heavy atom. The van der Waals surface area contributed by atoms with E-state index >= 15 is 0 Å². The van der Waals surface area contributed by atoms with Crippen LogP contribution in [0.2, 0.25) is 0 Å². The van der Waals surface area contributed by atoms with Crippen molar-refractivity contribution in [1.82, 2.24) is 15.0 Å². The van der Waals surface area contributed by atoms with Gasteiger partial charge in [-0.05, 0) is 43.4 Å². The van der Waals surface area contributed by atoms with E-state index in [1.165, 1.54) is 0 Å². The number of ether oxygens (including phenoxy) is 1. The van der Waals surface area contributed by atoms with E-state index in [-0.39, 0.29) is 10.4 Å². The van der Waals surface area contributed by atoms with E-state index in [9.17, 15) is 8.42 Å². The minimum absolute atomic E-state index is 0.0740. The van der Waals surface area contributed by atoms with Crippen LogP contribution in [0.4, 0.5) is 0 Å². The van der Waals surface area contributed by atoms with Gasteiger partial charge in [-0.3, -0.25) is 0 Å². The molecule has 1 aliphatic carbocycles. The van der Waals surface area contributed by atoms with Gasteiger partial charge in [-0.15, -0.1) is 0 Å². The molecule has 0 atom stereocenters. The molecule has 0 radical (unpaired) electrons. The number of hydrogen-bond donors (Lipinski definition) is 2. The number of rotatable bonds is 9. The summed E-state index contributed by atoms with van der Waals surface area (Å²) in [4.78, 5) is 4.04. The molecule has 1 aromatic rings. The first-order valence-electron chi connectivity index (χ1n) is 7.09. The molecule has 1 aromatic heterocycles. The van der Waals surface area contributed by atoms with E-state index in [0.29, 0.717) is 19.7 Å². The van der Waals surface area contributed by atoms with Gasteiger partial charge in [-0.2, -0.15) is 0 Å². The summed E-state index contributed by atoms with van der Waals surface area (Å²) in [5.74, 6) is 0. The summed E-state index contributed by atoms with van der Waals surface area (Å²) >= 11 is 0. The Morgan fingerprint density at radius 2 is 2.14 bits per heavy atom. The van der Waals surface area contributed by atoms with Crippen LogP contribution in [0.5, 0.6) is 0 Å². The highest BCUT2D eigenvalue weighted by Crippen LogP contribution is 2.48. The summed E-state index contributed by atoms with van der Waals surface area (Å²) in [5.41, 5.74) is 1.03. The van der Waals surface area contributed by atoms with Crippen molar-refractivity contribution < 1.29 is 13.2 Å². The van der Waals surface area contributed by atoms with Crippen molar-refractivity contribution in [2.75, 3.05) is 27.3 Å². The summed E-state index contributed by atoms with van der Waals surface area (Å²) in [6, 6.07) is 3.32. The number of pyridine rings is 1. The molecule has 2 rings (SSSR count). The van der Waals surface area contributed by atoms with Gasteiger partial charge in [-0.1, -0.05) is 6.07 Å². The molecule has 2 N–H and O–H groups in total. The molecule has 0 aliphatic heterocycles. The summed E-state index contributed by atoms with van der Waals surface area (Å²) < 4.78 is 32.2. The first-order chi connectivity index (χ1) is 10.0. The van der Waals surface area contributed by atoms with Gasteiger partial charge in [0.05, 0.1) is 0 Å². The molecule has 1 heterocycles. The number of hydrogen-bond acceptors (Lipinski definition) is 5. The molecule has 0 saturated heterocycles. The normalized spacial score (nSPS) is 16.9. The molecule has 6 nitrogen and oxygen atoms in total. The van der Waals surface area contributed by atoms with E-state index in [1.54, 1.807) is 25.4 Å². The average Bonchev–Trinajstić information content (AvgIpc) is 3.25. The quantitative estimate of drug-likeness (QED) is 0.708. The highest BCUT2D eigenvalue weighted by Gasteiger charge is 2.42. The monoisotopic (exact) mass is 313 g/mol. The second-order valence-electron chi connectivity index (χ2n) is 5.60. The van der Waals surface area contributed by atoms with Crippen molar-refractivity contribution >= 4 is 10.0 Å². The zero-order valence-electron chi connectivity index (χ0n) is 12.6. The number of sulfonamides is 1. The molecule has 1 saturated carbocycles. The lowest BCUT2D eigenvalue weighted by atomic mass is 10.0. The standard InChI is InChI=1S/C14H23N3O3S/c1-15-9-12-3-4-13(16-10-12)21(18,19)17-11-14(5-6-14)7-8-20-2/h3-4,10,15,17H,5-9,11H2,1-2H3. The Kier molecular flexibility index (Phi) is 5.32. The van der Waals surface area contributed by atoms with Crippen molar-refractivity contribution in [2.24, 2.45) is 5.41 Å². The highest BCUT2D eigenvalue weighted by molar-refractivity contribution is 7.89. The fourth-order valence-electron chi connectivity index (χ4n) is 2.21. The molecule has 0 spiro atoms. The van der Waals surface area contributed by atoms with Crippen LogP contribution in [0.15, 0.2) is 23.4 Å². The van der Waals surface area contributed by atoms with Crippen molar-refractivity contribution in [3.05, 3.63) is 23.9 Å². The molecule has 1 aliphatic rings. The molecule has 0 amide bonds. The average molecular weight is 313 g/mol. The summed E-state index contributed by atoms with van der Waals surface area (Å²) in [6.45, 7) is 1.79. The fraction of sp³-hybridized carbons (Fsp3) is 0.643. The van der Waals surface area contributed by atoms with E-state index in [1.807, 2.05) is 7.05 Å². The van der Waals surface area contributed by atoms with Crippen LogP contribution < -0.4 is 10.0 Å². The SMILES string of the molecule is CNCc1ccc(S(=O)(=O)NCC2(CCOC)CC2)nc1. The molecule has 118 valence electrons. The Balaban J connectivity index is 1.95. The predicted molar refractivity (Wildman–Crippen MR) is 80.3 cm³/mol. The number of methoxy groups -OCH3 is 1. The molecular formula is C14H23N3O3S. The highest BCUT2D eigenvalue weighted by atomic mass is 32.2. The van der Waals surface area contributed by atoms with Gasteiger partial charge >= 0.3 is 0 Å². The van der Waals surface area contributed by atoms with Crippen LogP contribution >= 0.6 is 0 Å². The minimum atomic E-state index is -3.53. The smallest absolute Gasteiger partial charge is 0.258 e. The van der Waals surface area contributed by atoms with Crippen molar-refractivity contribution in [1.29, 1.82) is 0 Å². The van der Waals surface area contributed by atoms with Crippen LogP contribution in [-0.2, 0) is 21.3 Å². The second kappa shape index (κ2) is 6.83. The van der Waals surface area contributed by atoms with E-state index in [4.69, 9.17) is 4.74 Å². The maximum absolute atomic E-state index is 12.2. The van der Waals surface area contributed by atoms with Crippen molar-refractivity contribution in [2.45, 2.75) is 30.8 Å². The number of nitrogens with one attached hydrogen (secondary N) is 2. The third-order valence-electron chi connectivity index (χ3n) is 3.88. The Hall–Kier alpha value is -1.02. The van der Waals surface area contributed by atoms with E-state index < -0.39 is 10.0 Å². The molecule has 0 bridgehead atoms. The lowest BCUT2D eigenvalue weighted by Gasteiger charge is -2.15. The summed E-state index contributed by atoms with van der Waals surface area (Å²) in [6.07, 6.45) is 4.57. The summed E-state index contributed by atoms with van der Waals surface area (Å²) in [5, 5.41) is 3.07. The largest absolute Gasteiger partial charge is 0.385 e. The lowest BCUT2D eigenvalue weighted by Crippen LogP contribution is -2.31. The zero-order valence-corrected chi connectivity index (χ0v) is 13.4. The maximum Gasteiger partial charge on any atom is 0.258 e. The first-order valence-corrected chi connectivity index (χ1v) is 8.58. The van der Waals surface area contributed by atoms with E-state index in [0.717, 1.165) is 24.8 Å². The van der Waals surface area contributed by atoms with Gasteiger partial charge in [0.1, 0.15) is 0 Å². The third kappa shape index (κ3) is 4.47. The first kappa shape index (κ1) is 16.4. The molecule has 7 heteroatoms. The minimum Gasteiger partial charge on any atom is -0.385 e. The Morgan fingerprint density at radius 1 is 1.38 bits per heavy atom. The van der Waals surface area contributed by atoms with Crippen LogP contribution in [0.1, 0.15) is 24.8 Å². The van der Waals surface area contributed by atoms with Gasteiger partial charge in [0.2, 0.25) is 0 Å². The van der Waals surface area contributed by atoms with Crippen LogP contribution in [0.25, 0.3) is 0 Å². The van der Waals surface area contributed by atoms with Crippen LogP contribution in [0, 0.1) is 5.41 Å². The van der Waals surface area contributed by atoms with Gasteiger partial charge in [0.15, 0.2) is 5.03 Å². The molecular weight excluding hydrogens is 290 g/mol. The molecule has 21 heavy (non-hydrogen) atoms. The summed E-state index contributed by atoms with van der Waals surface area (Å²) in [7, 11) is -0.0343. The van der Waals surface area contributed by atoms with E-state index in [2.05, 4.69) is 15.0 Å².